The Kier molecular flexibility index (Phi) is 5.54. The van der Waals surface area contributed by atoms with Crippen LogP contribution in [0.25, 0.3) is 0 Å². The van der Waals surface area contributed by atoms with Gasteiger partial charge >= 0.3 is 5.97 Å². The molecule has 27 heavy (non-hydrogen) atoms. The number of nitrogens with one attached hydrogen (secondary N) is 1. The number of carbonyl (C=O) groups is 3. The molecular formula is C21H22N2O4. The minimum absolute atomic E-state index is 0.0502. The Hall–Kier alpha value is -3.15. The second-order valence-corrected chi connectivity index (χ2v) is 6.62. The fourth-order valence-electron chi connectivity index (χ4n) is 3.28. The van der Waals surface area contributed by atoms with Gasteiger partial charge in [-0.05, 0) is 49.6 Å². The number of carbonyl (C=O) groups excluding carboxylic acids is 3. The molecule has 6 nitrogen and oxygen atoms in total. The van der Waals surface area contributed by atoms with Crippen LogP contribution in [0.15, 0.2) is 48.5 Å². The summed E-state index contributed by atoms with van der Waals surface area (Å²) in [6, 6.07) is 14.3. The lowest BCUT2D eigenvalue weighted by Gasteiger charge is -2.35. The number of amides is 2. The molecule has 0 spiro atoms. The number of fused-ring (bicyclic) bond motifs is 1. The van der Waals surface area contributed by atoms with Gasteiger partial charge in [0.25, 0.3) is 5.91 Å². The third kappa shape index (κ3) is 4.34. The van der Waals surface area contributed by atoms with Crippen molar-refractivity contribution < 1.29 is 19.1 Å². The fourth-order valence-corrected chi connectivity index (χ4v) is 3.28. The zero-order valence-electron chi connectivity index (χ0n) is 15.4. The van der Waals surface area contributed by atoms with E-state index in [4.69, 9.17) is 4.74 Å². The van der Waals surface area contributed by atoms with E-state index in [1.165, 1.54) is 13.0 Å². The summed E-state index contributed by atoms with van der Waals surface area (Å²) in [5, 5.41) is 2.61. The molecule has 1 aliphatic heterocycles. The minimum Gasteiger partial charge on any atom is -0.452 e. The molecule has 0 fully saturated rings. The van der Waals surface area contributed by atoms with Crippen LogP contribution in [0.3, 0.4) is 0 Å². The number of aryl methyl sites for hydroxylation is 1. The van der Waals surface area contributed by atoms with E-state index in [-0.39, 0.29) is 30.0 Å². The van der Waals surface area contributed by atoms with E-state index in [0.717, 1.165) is 24.1 Å². The highest BCUT2D eigenvalue weighted by Gasteiger charge is 2.28. The average Bonchev–Trinajstić information content (AvgIpc) is 2.65. The third-order valence-electron chi connectivity index (χ3n) is 4.54. The van der Waals surface area contributed by atoms with Crippen LogP contribution in [0.2, 0.25) is 0 Å². The molecule has 0 saturated carbocycles. The molecule has 0 unspecified atom stereocenters. The highest BCUT2D eigenvalue weighted by Crippen LogP contribution is 2.30. The normalized spacial score (nSPS) is 15.6. The van der Waals surface area contributed by atoms with Crippen molar-refractivity contribution in [1.29, 1.82) is 0 Å². The second kappa shape index (κ2) is 8.03. The van der Waals surface area contributed by atoms with Gasteiger partial charge in [0.2, 0.25) is 5.91 Å². The predicted octanol–water partition coefficient (Wildman–Crippen LogP) is 3.17. The first kappa shape index (κ1) is 18.6. The summed E-state index contributed by atoms with van der Waals surface area (Å²) in [6.45, 7) is 3.05. The van der Waals surface area contributed by atoms with Crippen molar-refractivity contribution in [1.82, 2.24) is 0 Å². The molecule has 1 aliphatic rings. The van der Waals surface area contributed by atoms with Gasteiger partial charge in [-0.3, -0.25) is 9.59 Å². The quantitative estimate of drug-likeness (QED) is 0.844. The van der Waals surface area contributed by atoms with Crippen molar-refractivity contribution >= 4 is 29.2 Å². The molecule has 3 rings (SSSR count). The van der Waals surface area contributed by atoms with Crippen LogP contribution < -0.4 is 10.2 Å². The number of rotatable bonds is 4. The number of para-hydroxylation sites is 1. The first-order chi connectivity index (χ1) is 13.0. The van der Waals surface area contributed by atoms with Crippen LogP contribution in [0.4, 0.5) is 11.4 Å². The van der Waals surface area contributed by atoms with E-state index in [0.29, 0.717) is 5.69 Å². The molecule has 0 bridgehead atoms. The topological polar surface area (TPSA) is 75.7 Å². The second-order valence-electron chi connectivity index (χ2n) is 6.62. The molecule has 2 amide bonds. The Bertz CT molecular complexity index is 878. The van der Waals surface area contributed by atoms with Crippen molar-refractivity contribution in [2.45, 2.75) is 32.7 Å². The molecule has 0 aliphatic carbocycles. The number of esters is 1. The summed E-state index contributed by atoms with van der Waals surface area (Å²) >= 11 is 0. The van der Waals surface area contributed by atoms with Crippen LogP contribution in [0, 0.1) is 0 Å². The van der Waals surface area contributed by atoms with Gasteiger partial charge in [0.05, 0.1) is 5.56 Å². The average molecular weight is 366 g/mol. The van der Waals surface area contributed by atoms with Gasteiger partial charge in [0, 0.05) is 24.3 Å². The van der Waals surface area contributed by atoms with E-state index in [1.807, 2.05) is 31.2 Å². The fraction of sp³-hybridized carbons (Fsp3) is 0.286. The number of hydrogen-bond donors (Lipinski definition) is 1. The van der Waals surface area contributed by atoms with Crippen molar-refractivity contribution in [2.75, 3.05) is 16.8 Å². The van der Waals surface area contributed by atoms with Gasteiger partial charge < -0.3 is 15.0 Å². The zero-order valence-corrected chi connectivity index (χ0v) is 15.4. The molecule has 1 atom stereocenters. The summed E-state index contributed by atoms with van der Waals surface area (Å²) < 4.78 is 5.22. The van der Waals surface area contributed by atoms with Gasteiger partial charge in [0.15, 0.2) is 6.61 Å². The molecule has 2 aromatic carbocycles. The van der Waals surface area contributed by atoms with Crippen molar-refractivity contribution in [3.8, 4) is 0 Å². The number of benzene rings is 2. The van der Waals surface area contributed by atoms with Crippen LogP contribution >= 0.6 is 0 Å². The smallest absolute Gasteiger partial charge is 0.338 e. The van der Waals surface area contributed by atoms with Gasteiger partial charge in [-0.2, -0.15) is 0 Å². The Morgan fingerprint density at radius 1 is 1.15 bits per heavy atom. The number of hydrogen-bond acceptors (Lipinski definition) is 4. The maximum absolute atomic E-state index is 12.7. The zero-order chi connectivity index (χ0) is 19.4. The lowest BCUT2D eigenvalue weighted by Crippen LogP contribution is -2.44. The summed E-state index contributed by atoms with van der Waals surface area (Å²) in [6.07, 6.45) is 1.80. The van der Waals surface area contributed by atoms with E-state index in [2.05, 4.69) is 5.32 Å². The summed E-state index contributed by atoms with van der Waals surface area (Å²) in [7, 11) is 0. The Balaban J connectivity index is 1.67. The van der Waals surface area contributed by atoms with Gasteiger partial charge in [0.1, 0.15) is 0 Å². The lowest BCUT2D eigenvalue weighted by molar-refractivity contribution is -0.122. The standard InChI is InChI=1S/C21H22N2O4/c1-14-10-11-16-6-3-4-9-19(16)23(14)20(25)13-27-21(26)17-7-5-8-18(12-17)22-15(2)24/h3-9,12,14H,10-11,13H2,1-2H3,(H,22,24)/t14-/m1/s1. The SMILES string of the molecule is CC(=O)Nc1cccc(C(=O)OCC(=O)N2c3ccccc3CC[C@H]2C)c1. The maximum atomic E-state index is 12.7. The molecule has 1 heterocycles. The Morgan fingerprint density at radius 2 is 1.93 bits per heavy atom. The first-order valence-electron chi connectivity index (χ1n) is 8.90. The van der Waals surface area contributed by atoms with Crippen molar-refractivity contribution in [2.24, 2.45) is 0 Å². The monoisotopic (exact) mass is 366 g/mol. The van der Waals surface area contributed by atoms with Crippen LogP contribution in [-0.4, -0.2) is 30.4 Å². The summed E-state index contributed by atoms with van der Waals surface area (Å²) in [4.78, 5) is 37.8. The molecule has 0 radical (unpaired) electrons. The molecule has 0 saturated heterocycles. The maximum Gasteiger partial charge on any atom is 0.338 e. The molecule has 1 N–H and O–H groups in total. The Labute approximate surface area is 158 Å². The van der Waals surface area contributed by atoms with Crippen molar-refractivity contribution in [3.63, 3.8) is 0 Å². The molecule has 6 heteroatoms. The first-order valence-corrected chi connectivity index (χ1v) is 8.90. The number of nitrogens with zero attached hydrogens (tertiary/aromatic N) is 1. The Morgan fingerprint density at radius 3 is 2.70 bits per heavy atom. The molecule has 0 aromatic heterocycles. The summed E-state index contributed by atoms with van der Waals surface area (Å²) in [5.74, 6) is -1.08. The molecule has 2 aromatic rings. The van der Waals surface area contributed by atoms with Gasteiger partial charge in [-0.1, -0.05) is 24.3 Å². The molecule has 140 valence electrons. The van der Waals surface area contributed by atoms with Crippen LogP contribution in [0.5, 0.6) is 0 Å². The van der Waals surface area contributed by atoms with E-state index < -0.39 is 5.97 Å². The summed E-state index contributed by atoms with van der Waals surface area (Å²) in [5.41, 5.74) is 2.78. The van der Waals surface area contributed by atoms with Crippen LogP contribution in [0.1, 0.15) is 36.2 Å². The van der Waals surface area contributed by atoms with Crippen LogP contribution in [-0.2, 0) is 20.7 Å². The number of anilines is 2. The van der Waals surface area contributed by atoms with Gasteiger partial charge in [-0.15, -0.1) is 0 Å². The molecular weight excluding hydrogens is 344 g/mol. The largest absolute Gasteiger partial charge is 0.452 e. The highest BCUT2D eigenvalue weighted by atomic mass is 16.5. The van der Waals surface area contributed by atoms with E-state index >= 15 is 0 Å². The highest BCUT2D eigenvalue weighted by molar-refractivity contribution is 5.99. The van der Waals surface area contributed by atoms with Crippen molar-refractivity contribution in [3.05, 3.63) is 59.7 Å². The van der Waals surface area contributed by atoms with E-state index in [1.54, 1.807) is 23.1 Å². The lowest BCUT2D eigenvalue weighted by atomic mass is 9.96. The number of ether oxygens (including phenoxy) is 1. The third-order valence-corrected chi connectivity index (χ3v) is 4.54. The minimum atomic E-state index is -0.603. The van der Waals surface area contributed by atoms with Gasteiger partial charge in [-0.25, -0.2) is 4.79 Å². The predicted molar refractivity (Wildman–Crippen MR) is 103 cm³/mol. The van der Waals surface area contributed by atoms with E-state index in [9.17, 15) is 14.4 Å².